The first-order valence-electron chi connectivity index (χ1n) is 6.26. The van der Waals surface area contributed by atoms with Crippen molar-refractivity contribution in [2.45, 2.75) is 25.3 Å². The van der Waals surface area contributed by atoms with Crippen LogP contribution < -0.4 is 5.32 Å². The normalized spacial score (nSPS) is 19.2. The molecule has 0 bridgehead atoms. The summed E-state index contributed by atoms with van der Waals surface area (Å²) in [7, 11) is -3.01. The van der Waals surface area contributed by atoms with Gasteiger partial charge in [0.15, 0.2) is 0 Å². The van der Waals surface area contributed by atoms with Gasteiger partial charge < -0.3 is 9.73 Å². The number of hydrogen-bond donors (Lipinski definition) is 1. The van der Waals surface area contributed by atoms with Gasteiger partial charge in [0.1, 0.15) is 5.76 Å². The number of furan rings is 1. The highest BCUT2D eigenvalue weighted by Gasteiger charge is 2.24. The fourth-order valence-electron chi connectivity index (χ4n) is 2.25. The highest BCUT2D eigenvalue weighted by Crippen LogP contribution is 2.13. The third-order valence-corrected chi connectivity index (χ3v) is 4.61. The van der Waals surface area contributed by atoms with E-state index in [1.54, 1.807) is 10.6 Å². The highest BCUT2D eigenvalue weighted by atomic mass is 32.2. The molecule has 2 rings (SSSR count). The van der Waals surface area contributed by atoms with Crippen LogP contribution in [0.4, 0.5) is 0 Å². The maximum atomic E-state index is 11.4. The Balaban J connectivity index is 1.68. The quantitative estimate of drug-likeness (QED) is 0.862. The Morgan fingerprint density at radius 3 is 2.72 bits per heavy atom. The number of nitrogens with one attached hydrogen (secondary N) is 1. The van der Waals surface area contributed by atoms with Crippen molar-refractivity contribution in [1.82, 2.24) is 9.62 Å². The van der Waals surface area contributed by atoms with Crippen LogP contribution >= 0.6 is 0 Å². The Morgan fingerprint density at radius 1 is 1.44 bits per heavy atom. The molecule has 1 aliphatic rings. The molecule has 1 saturated heterocycles. The van der Waals surface area contributed by atoms with Crippen LogP contribution in [0.2, 0.25) is 0 Å². The Morgan fingerprint density at radius 2 is 2.17 bits per heavy atom. The molecule has 0 amide bonds. The molecule has 0 saturated carbocycles. The predicted octanol–water partition coefficient (Wildman–Crippen LogP) is 0.836. The molecule has 0 radical (unpaired) electrons. The summed E-state index contributed by atoms with van der Waals surface area (Å²) in [6, 6.07) is 4.27. The van der Waals surface area contributed by atoms with Gasteiger partial charge in [0.05, 0.1) is 12.5 Å². The monoisotopic (exact) mass is 272 g/mol. The number of hydrogen-bond acceptors (Lipinski definition) is 4. The van der Waals surface area contributed by atoms with Crippen molar-refractivity contribution >= 4 is 10.0 Å². The van der Waals surface area contributed by atoms with Gasteiger partial charge in [-0.15, -0.1) is 0 Å². The Kier molecular flexibility index (Phi) is 4.42. The van der Waals surface area contributed by atoms with Crippen molar-refractivity contribution in [3.8, 4) is 0 Å². The van der Waals surface area contributed by atoms with Gasteiger partial charge in [0.25, 0.3) is 0 Å². The molecule has 102 valence electrons. The van der Waals surface area contributed by atoms with Crippen LogP contribution in [0.3, 0.4) is 0 Å². The SMILES string of the molecule is CS(=O)(=O)N1CCC(NCCc2ccco2)CC1. The zero-order valence-corrected chi connectivity index (χ0v) is 11.4. The minimum atomic E-state index is -3.01. The zero-order valence-electron chi connectivity index (χ0n) is 10.6. The van der Waals surface area contributed by atoms with E-state index in [-0.39, 0.29) is 0 Å². The van der Waals surface area contributed by atoms with Gasteiger partial charge in [-0.05, 0) is 25.0 Å². The lowest BCUT2D eigenvalue weighted by Gasteiger charge is -2.30. The van der Waals surface area contributed by atoms with Gasteiger partial charge in [-0.2, -0.15) is 0 Å². The largest absolute Gasteiger partial charge is 0.469 e. The van der Waals surface area contributed by atoms with E-state index in [4.69, 9.17) is 4.42 Å². The topological polar surface area (TPSA) is 62.6 Å². The van der Waals surface area contributed by atoms with E-state index in [9.17, 15) is 8.42 Å². The number of rotatable bonds is 5. The third kappa shape index (κ3) is 3.83. The summed E-state index contributed by atoms with van der Waals surface area (Å²) in [6.45, 7) is 2.12. The van der Waals surface area contributed by atoms with Crippen LogP contribution in [0.15, 0.2) is 22.8 Å². The standard InChI is InChI=1S/C12H20N2O3S/c1-18(15,16)14-8-5-11(6-9-14)13-7-4-12-3-2-10-17-12/h2-3,10-11,13H,4-9H2,1H3. The first-order chi connectivity index (χ1) is 8.55. The predicted molar refractivity (Wildman–Crippen MR) is 69.9 cm³/mol. The van der Waals surface area contributed by atoms with Crippen LogP contribution in [-0.4, -0.2) is 44.7 Å². The maximum absolute atomic E-state index is 11.4. The molecule has 0 spiro atoms. The first-order valence-corrected chi connectivity index (χ1v) is 8.11. The van der Waals surface area contributed by atoms with Crippen LogP contribution in [0.1, 0.15) is 18.6 Å². The average molecular weight is 272 g/mol. The minimum Gasteiger partial charge on any atom is -0.469 e. The zero-order chi connectivity index (χ0) is 13.0. The van der Waals surface area contributed by atoms with Crippen molar-refractivity contribution in [1.29, 1.82) is 0 Å². The lowest BCUT2D eigenvalue weighted by atomic mass is 10.1. The molecule has 0 unspecified atom stereocenters. The van der Waals surface area contributed by atoms with Gasteiger partial charge in [0, 0.05) is 32.1 Å². The van der Waals surface area contributed by atoms with Gasteiger partial charge in [-0.3, -0.25) is 0 Å². The van der Waals surface area contributed by atoms with Crippen LogP contribution in [0.5, 0.6) is 0 Å². The molecule has 1 aromatic rings. The van der Waals surface area contributed by atoms with Crippen molar-refractivity contribution in [3.63, 3.8) is 0 Å². The fourth-order valence-corrected chi connectivity index (χ4v) is 3.12. The van der Waals surface area contributed by atoms with Crippen molar-refractivity contribution in [2.24, 2.45) is 0 Å². The van der Waals surface area contributed by atoms with Crippen LogP contribution in [0, 0.1) is 0 Å². The Hall–Kier alpha value is -0.850. The van der Waals surface area contributed by atoms with Gasteiger partial charge in [-0.25, -0.2) is 12.7 Å². The maximum Gasteiger partial charge on any atom is 0.211 e. The van der Waals surface area contributed by atoms with Gasteiger partial charge >= 0.3 is 0 Å². The Bertz CT molecular complexity index is 448. The van der Waals surface area contributed by atoms with E-state index in [1.165, 1.54) is 6.26 Å². The van der Waals surface area contributed by atoms with E-state index < -0.39 is 10.0 Å². The van der Waals surface area contributed by atoms with E-state index in [1.807, 2.05) is 12.1 Å². The molecule has 5 nitrogen and oxygen atoms in total. The van der Waals surface area contributed by atoms with Crippen LogP contribution in [0.25, 0.3) is 0 Å². The number of nitrogens with zero attached hydrogens (tertiary/aromatic N) is 1. The lowest BCUT2D eigenvalue weighted by molar-refractivity contribution is 0.290. The molecule has 1 N–H and O–H groups in total. The first kappa shape index (κ1) is 13.6. The van der Waals surface area contributed by atoms with E-state index in [2.05, 4.69) is 5.32 Å². The van der Waals surface area contributed by atoms with Crippen LogP contribution in [-0.2, 0) is 16.4 Å². The molecule has 1 fully saturated rings. The second-order valence-electron chi connectivity index (χ2n) is 4.72. The Labute approximate surface area is 108 Å². The summed E-state index contributed by atoms with van der Waals surface area (Å²) in [5.41, 5.74) is 0. The summed E-state index contributed by atoms with van der Waals surface area (Å²) < 4.78 is 29.5. The third-order valence-electron chi connectivity index (χ3n) is 3.31. The fraction of sp³-hybridized carbons (Fsp3) is 0.667. The molecule has 0 atom stereocenters. The van der Waals surface area contributed by atoms with Gasteiger partial charge in [0.2, 0.25) is 10.0 Å². The van der Waals surface area contributed by atoms with Crippen molar-refractivity contribution in [2.75, 3.05) is 25.9 Å². The molecular formula is C12H20N2O3S. The minimum absolute atomic E-state index is 0.415. The number of piperidine rings is 1. The summed E-state index contributed by atoms with van der Waals surface area (Å²) in [5.74, 6) is 0.982. The van der Waals surface area contributed by atoms with Crippen molar-refractivity contribution < 1.29 is 12.8 Å². The van der Waals surface area contributed by atoms with Gasteiger partial charge in [-0.1, -0.05) is 0 Å². The highest BCUT2D eigenvalue weighted by molar-refractivity contribution is 7.88. The second kappa shape index (κ2) is 5.86. The summed E-state index contributed by atoms with van der Waals surface area (Å²) in [6.07, 6.45) is 5.59. The molecule has 2 heterocycles. The average Bonchev–Trinajstić information content (AvgIpc) is 2.82. The smallest absolute Gasteiger partial charge is 0.211 e. The molecule has 1 aromatic heterocycles. The summed E-state index contributed by atoms with van der Waals surface area (Å²) >= 11 is 0. The van der Waals surface area contributed by atoms with Crippen molar-refractivity contribution in [3.05, 3.63) is 24.2 Å². The molecular weight excluding hydrogens is 252 g/mol. The summed E-state index contributed by atoms with van der Waals surface area (Å²) in [5, 5.41) is 3.45. The lowest BCUT2D eigenvalue weighted by Crippen LogP contribution is -2.44. The molecule has 0 aromatic carbocycles. The van der Waals surface area contributed by atoms with E-state index in [0.717, 1.165) is 31.6 Å². The molecule has 1 aliphatic heterocycles. The molecule has 6 heteroatoms. The van der Waals surface area contributed by atoms with E-state index >= 15 is 0 Å². The molecule has 18 heavy (non-hydrogen) atoms. The number of sulfonamides is 1. The van der Waals surface area contributed by atoms with E-state index in [0.29, 0.717) is 19.1 Å². The summed E-state index contributed by atoms with van der Waals surface area (Å²) in [4.78, 5) is 0. The molecule has 0 aliphatic carbocycles. The second-order valence-corrected chi connectivity index (χ2v) is 6.70.